The van der Waals surface area contributed by atoms with Crippen molar-refractivity contribution in [3.05, 3.63) is 138 Å². The van der Waals surface area contributed by atoms with Crippen molar-refractivity contribution in [2.24, 2.45) is 0 Å². The Labute approximate surface area is 246 Å². The summed E-state index contributed by atoms with van der Waals surface area (Å²) in [5, 5.41) is 12.7. The lowest BCUT2D eigenvalue weighted by molar-refractivity contribution is 1.02. The monoisotopic (exact) mass is 553 g/mol. The Morgan fingerprint density at radius 1 is 0.452 bits per heavy atom. The Morgan fingerprint density at radius 2 is 1.12 bits per heavy atom. The number of fused-ring (bicyclic) bond motifs is 7. The van der Waals surface area contributed by atoms with E-state index in [2.05, 4.69) is 143 Å². The average Bonchev–Trinajstić information content (AvgIpc) is 3.67. The summed E-state index contributed by atoms with van der Waals surface area (Å²) in [6.07, 6.45) is 0. The SMILES string of the molecule is c1ccc(-c2nc(-n3c4ccccc4c4c5ccccc5ccc43)nc3cscc23)c(-c2cccc3ccccc23)c1. The predicted molar refractivity (Wildman–Crippen MR) is 178 cm³/mol. The van der Waals surface area contributed by atoms with E-state index < -0.39 is 0 Å². The molecule has 42 heavy (non-hydrogen) atoms. The summed E-state index contributed by atoms with van der Waals surface area (Å²) in [4.78, 5) is 10.5. The van der Waals surface area contributed by atoms with Crippen LogP contribution in [-0.2, 0) is 0 Å². The first-order valence-electron chi connectivity index (χ1n) is 14.1. The lowest BCUT2D eigenvalue weighted by atomic mass is 9.92. The van der Waals surface area contributed by atoms with Gasteiger partial charge in [-0.1, -0.05) is 115 Å². The van der Waals surface area contributed by atoms with Crippen molar-refractivity contribution >= 4 is 65.6 Å². The standard InChI is InChI=1S/C38H23N3S/c1-3-13-26-24(10-1)12-9-18-28(26)29-15-5-6-16-30(29)37-32-22-42-23-33(32)39-38(40-37)41-34-19-8-7-17-31(34)36-27-14-4-2-11-25(27)20-21-35(36)41/h1-23H. The van der Waals surface area contributed by atoms with Gasteiger partial charge in [0.2, 0.25) is 5.95 Å². The molecule has 0 bridgehead atoms. The Morgan fingerprint density at radius 3 is 2.00 bits per heavy atom. The molecule has 3 nitrogen and oxygen atoms in total. The van der Waals surface area contributed by atoms with Crippen LogP contribution in [0.15, 0.2) is 138 Å². The molecular weight excluding hydrogens is 531 g/mol. The highest BCUT2D eigenvalue weighted by molar-refractivity contribution is 7.09. The summed E-state index contributed by atoms with van der Waals surface area (Å²) in [7, 11) is 0. The van der Waals surface area contributed by atoms with E-state index in [1.165, 1.54) is 43.4 Å². The summed E-state index contributed by atoms with van der Waals surface area (Å²) in [5.74, 6) is 0.685. The maximum Gasteiger partial charge on any atom is 0.235 e. The largest absolute Gasteiger partial charge is 0.278 e. The maximum atomic E-state index is 5.39. The maximum absolute atomic E-state index is 5.39. The molecule has 0 radical (unpaired) electrons. The summed E-state index contributed by atoms with van der Waals surface area (Å²) in [6, 6.07) is 45.4. The molecule has 3 aromatic heterocycles. The van der Waals surface area contributed by atoms with E-state index in [9.17, 15) is 0 Å². The van der Waals surface area contributed by atoms with Crippen molar-refractivity contribution < 1.29 is 0 Å². The van der Waals surface area contributed by atoms with Gasteiger partial charge in [0.25, 0.3) is 0 Å². The van der Waals surface area contributed by atoms with Crippen LogP contribution in [-0.4, -0.2) is 14.5 Å². The van der Waals surface area contributed by atoms with Crippen LogP contribution in [0, 0.1) is 0 Å². The van der Waals surface area contributed by atoms with Crippen LogP contribution in [0.1, 0.15) is 0 Å². The van der Waals surface area contributed by atoms with Crippen LogP contribution in [0.3, 0.4) is 0 Å². The molecule has 0 aliphatic heterocycles. The average molecular weight is 554 g/mol. The van der Waals surface area contributed by atoms with Crippen LogP contribution in [0.25, 0.3) is 82.6 Å². The molecule has 9 aromatic rings. The van der Waals surface area contributed by atoms with Crippen molar-refractivity contribution in [2.45, 2.75) is 0 Å². The third-order valence-electron chi connectivity index (χ3n) is 8.35. The molecule has 0 unspecified atom stereocenters. The molecule has 0 atom stereocenters. The van der Waals surface area contributed by atoms with Crippen LogP contribution in [0.4, 0.5) is 0 Å². The number of para-hydroxylation sites is 1. The van der Waals surface area contributed by atoms with Gasteiger partial charge in [0.05, 0.1) is 22.2 Å². The Balaban J connectivity index is 1.36. The first-order valence-corrected chi connectivity index (χ1v) is 15.0. The Bertz CT molecular complexity index is 2480. The van der Waals surface area contributed by atoms with Gasteiger partial charge in [0.1, 0.15) is 0 Å². The lowest BCUT2D eigenvalue weighted by Crippen LogP contribution is -2.03. The summed E-state index contributed by atoms with van der Waals surface area (Å²) < 4.78 is 2.23. The Hall–Kier alpha value is -5.32. The zero-order chi connectivity index (χ0) is 27.6. The lowest BCUT2D eigenvalue weighted by Gasteiger charge is -2.14. The summed E-state index contributed by atoms with van der Waals surface area (Å²) in [5.41, 5.74) is 7.60. The first kappa shape index (κ1) is 23.4. The van der Waals surface area contributed by atoms with E-state index >= 15 is 0 Å². The van der Waals surface area contributed by atoms with E-state index in [4.69, 9.17) is 9.97 Å². The number of aromatic nitrogens is 3. The van der Waals surface area contributed by atoms with Gasteiger partial charge < -0.3 is 0 Å². The highest BCUT2D eigenvalue weighted by atomic mass is 32.1. The number of hydrogen-bond acceptors (Lipinski definition) is 3. The third-order valence-corrected chi connectivity index (χ3v) is 9.08. The molecule has 0 N–H and O–H groups in total. The minimum absolute atomic E-state index is 0.685. The fourth-order valence-electron chi connectivity index (χ4n) is 6.49. The van der Waals surface area contributed by atoms with E-state index in [1.807, 2.05) is 0 Å². The fraction of sp³-hybridized carbons (Fsp3) is 0. The highest BCUT2D eigenvalue weighted by Crippen LogP contribution is 2.40. The number of thiophene rings is 1. The number of hydrogen-bond donors (Lipinski definition) is 0. The van der Waals surface area contributed by atoms with E-state index in [-0.39, 0.29) is 0 Å². The van der Waals surface area contributed by atoms with Gasteiger partial charge in [0, 0.05) is 32.5 Å². The molecule has 3 heterocycles. The van der Waals surface area contributed by atoms with Gasteiger partial charge >= 0.3 is 0 Å². The second kappa shape index (κ2) is 9.10. The molecule has 9 rings (SSSR count). The van der Waals surface area contributed by atoms with Gasteiger partial charge in [-0.25, -0.2) is 9.97 Å². The van der Waals surface area contributed by atoms with Crippen molar-refractivity contribution in [1.29, 1.82) is 0 Å². The van der Waals surface area contributed by atoms with Crippen LogP contribution in [0.5, 0.6) is 0 Å². The fourth-order valence-corrected chi connectivity index (χ4v) is 7.24. The highest BCUT2D eigenvalue weighted by Gasteiger charge is 2.20. The summed E-state index contributed by atoms with van der Waals surface area (Å²) in [6.45, 7) is 0. The van der Waals surface area contributed by atoms with Crippen molar-refractivity contribution in [2.75, 3.05) is 0 Å². The Kier molecular flexibility index (Phi) is 5.07. The van der Waals surface area contributed by atoms with Crippen molar-refractivity contribution in [3.8, 4) is 28.3 Å². The predicted octanol–water partition coefficient (Wildman–Crippen LogP) is 10.4. The molecule has 6 aromatic carbocycles. The van der Waals surface area contributed by atoms with Gasteiger partial charge in [-0.15, -0.1) is 11.3 Å². The van der Waals surface area contributed by atoms with Gasteiger partial charge in [0.15, 0.2) is 0 Å². The number of rotatable bonds is 3. The molecule has 0 saturated carbocycles. The van der Waals surface area contributed by atoms with Gasteiger partial charge in [-0.2, -0.15) is 0 Å². The molecule has 0 aliphatic rings. The molecular formula is C38H23N3S. The zero-order valence-electron chi connectivity index (χ0n) is 22.5. The second-order valence-corrected chi connectivity index (χ2v) is 11.4. The van der Waals surface area contributed by atoms with E-state index in [1.54, 1.807) is 11.3 Å². The second-order valence-electron chi connectivity index (χ2n) is 10.6. The van der Waals surface area contributed by atoms with Gasteiger partial charge in [-0.3, -0.25) is 4.57 Å². The van der Waals surface area contributed by atoms with Crippen LogP contribution in [0.2, 0.25) is 0 Å². The molecule has 0 saturated heterocycles. The molecule has 0 amide bonds. The van der Waals surface area contributed by atoms with Crippen LogP contribution < -0.4 is 0 Å². The minimum Gasteiger partial charge on any atom is -0.278 e. The van der Waals surface area contributed by atoms with E-state index in [0.29, 0.717) is 5.95 Å². The third kappa shape index (κ3) is 3.39. The quantitative estimate of drug-likeness (QED) is 0.218. The molecule has 4 heteroatoms. The molecule has 0 aliphatic carbocycles. The normalized spacial score (nSPS) is 11.8. The summed E-state index contributed by atoms with van der Waals surface area (Å²) >= 11 is 1.67. The smallest absolute Gasteiger partial charge is 0.235 e. The first-order chi connectivity index (χ1) is 20.8. The van der Waals surface area contributed by atoms with E-state index in [0.717, 1.165) is 33.2 Å². The van der Waals surface area contributed by atoms with Crippen LogP contribution >= 0.6 is 11.3 Å². The van der Waals surface area contributed by atoms with Crippen molar-refractivity contribution in [3.63, 3.8) is 0 Å². The molecule has 196 valence electrons. The topological polar surface area (TPSA) is 30.7 Å². The zero-order valence-corrected chi connectivity index (χ0v) is 23.3. The molecule has 0 fully saturated rings. The molecule has 0 spiro atoms. The number of benzene rings is 6. The number of nitrogens with zero attached hydrogens (tertiary/aromatic N) is 3. The van der Waals surface area contributed by atoms with Gasteiger partial charge in [-0.05, 0) is 44.8 Å². The minimum atomic E-state index is 0.685. The van der Waals surface area contributed by atoms with Crippen molar-refractivity contribution in [1.82, 2.24) is 14.5 Å².